The number of ketones is 1. The van der Waals surface area contributed by atoms with Crippen molar-refractivity contribution in [2.75, 3.05) is 24.3 Å². The summed E-state index contributed by atoms with van der Waals surface area (Å²) in [5.74, 6) is 2.08. The van der Waals surface area contributed by atoms with Crippen LogP contribution in [0.1, 0.15) is 22.8 Å². The van der Waals surface area contributed by atoms with Gasteiger partial charge >= 0.3 is 0 Å². The van der Waals surface area contributed by atoms with Crippen LogP contribution in [0.3, 0.4) is 0 Å². The Balaban J connectivity index is 1.60. The zero-order chi connectivity index (χ0) is 19.1. The third-order valence-electron chi connectivity index (χ3n) is 4.03. The van der Waals surface area contributed by atoms with E-state index in [-0.39, 0.29) is 5.78 Å². The fourth-order valence-corrected chi connectivity index (χ4v) is 2.63. The Bertz CT molecular complexity index is 927. The molecule has 1 aromatic heterocycles. The molecule has 0 saturated carbocycles. The van der Waals surface area contributed by atoms with Gasteiger partial charge in [-0.25, -0.2) is 4.98 Å². The van der Waals surface area contributed by atoms with Crippen LogP contribution >= 0.6 is 0 Å². The zero-order valence-electron chi connectivity index (χ0n) is 15.4. The van der Waals surface area contributed by atoms with Crippen molar-refractivity contribution in [1.82, 2.24) is 9.97 Å². The number of anilines is 3. The lowest BCUT2D eigenvalue weighted by Gasteiger charge is -2.09. The van der Waals surface area contributed by atoms with Crippen LogP contribution < -0.4 is 15.4 Å². The summed E-state index contributed by atoms with van der Waals surface area (Å²) in [5, 5.41) is 6.43. The minimum atomic E-state index is 0.0209. The topological polar surface area (TPSA) is 76.1 Å². The van der Waals surface area contributed by atoms with Crippen LogP contribution in [0.4, 0.5) is 17.5 Å². The molecular formula is C21H22N4O2. The predicted octanol–water partition coefficient (Wildman–Crippen LogP) is 4.09. The molecule has 0 aliphatic rings. The van der Waals surface area contributed by atoms with Gasteiger partial charge in [0.05, 0.1) is 7.11 Å². The summed E-state index contributed by atoms with van der Waals surface area (Å²) in [4.78, 5) is 20.2. The van der Waals surface area contributed by atoms with Crippen molar-refractivity contribution < 1.29 is 9.53 Å². The van der Waals surface area contributed by atoms with Crippen LogP contribution in [0.15, 0.2) is 60.8 Å². The van der Waals surface area contributed by atoms with Gasteiger partial charge in [0.2, 0.25) is 5.95 Å². The standard InChI is InChI=1S/C21H22N4O2/c1-15(26)17-6-4-7-18(14-17)24-21-23-12-10-20(25-21)22-11-9-16-5-3-8-19(13-16)27-2/h3-8,10,12-14H,9,11H2,1-2H3,(H2,22,23,24,25). The first-order chi connectivity index (χ1) is 13.1. The number of aromatic nitrogens is 2. The van der Waals surface area contributed by atoms with Crippen LogP contribution in [0.5, 0.6) is 5.75 Å². The summed E-state index contributed by atoms with van der Waals surface area (Å²) in [6.45, 7) is 2.28. The first-order valence-electron chi connectivity index (χ1n) is 8.72. The van der Waals surface area contributed by atoms with Crippen molar-refractivity contribution in [1.29, 1.82) is 0 Å². The number of hydrogen-bond donors (Lipinski definition) is 2. The van der Waals surface area contributed by atoms with Crippen LogP contribution in [0, 0.1) is 0 Å². The highest BCUT2D eigenvalue weighted by atomic mass is 16.5. The maximum atomic E-state index is 11.5. The van der Waals surface area contributed by atoms with Crippen molar-refractivity contribution in [3.63, 3.8) is 0 Å². The van der Waals surface area contributed by atoms with Crippen LogP contribution in [0.2, 0.25) is 0 Å². The number of carbonyl (C=O) groups is 1. The maximum absolute atomic E-state index is 11.5. The quantitative estimate of drug-likeness (QED) is 0.588. The van der Waals surface area contributed by atoms with Gasteiger partial charge in [-0.15, -0.1) is 0 Å². The monoisotopic (exact) mass is 362 g/mol. The highest BCUT2D eigenvalue weighted by Gasteiger charge is 2.04. The van der Waals surface area contributed by atoms with Gasteiger partial charge in [-0.3, -0.25) is 4.79 Å². The van der Waals surface area contributed by atoms with E-state index < -0.39 is 0 Å². The normalized spacial score (nSPS) is 10.3. The zero-order valence-corrected chi connectivity index (χ0v) is 15.4. The van der Waals surface area contributed by atoms with Gasteiger partial charge in [0, 0.05) is 24.0 Å². The van der Waals surface area contributed by atoms with E-state index in [1.165, 1.54) is 5.56 Å². The molecule has 0 fully saturated rings. The molecule has 3 aromatic rings. The SMILES string of the molecule is COc1cccc(CCNc2ccnc(Nc3cccc(C(C)=O)c3)n2)c1. The summed E-state index contributed by atoms with van der Waals surface area (Å²) >= 11 is 0. The second kappa shape index (κ2) is 8.80. The van der Waals surface area contributed by atoms with Crippen molar-refractivity contribution in [2.45, 2.75) is 13.3 Å². The van der Waals surface area contributed by atoms with E-state index in [9.17, 15) is 4.79 Å². The first kappa shape index (κ1) is 18.4. The van der Waals surface area contributed by atoms with Crippen LogP contribution in [-0.2, 0) is 6.42 Å². The number of Topliss-reactive ketones (excluding diaryl/α,β-unsaturated/α-hetero) is 1. The Kier molecular flexibility index (Phi) is 5.99. The van der Waals surface area contributed by atoms with Gasteiger partial charge in [0.1, 0.15) is 11.6 Å². The van der Waals surface area contributed by atoms with Crippen LogP contribution in [0.25, 0.3) is 0 Å². The average molecular weight is 362 g/mol. The molecule has 0 radical (unpaired) electrons. The largest absolute Gasteiger partial charge is 0.497 e. The van der Waals surface area contributed by atoms with E-state index in [2.05, 4.69) is 26.7 Å². The second-order valence-corrected chi connectivity index (χ2v) is 6.06. The summed E-state index contributed by atoms with van der Waals surface area (Å²) < 4.78 is 5.24. The van der Waals surface area contributed by atoms with Crippen molar-refractivity contribution in [3.05, 3.63) is 71.9 Å². The molecule has 0 spiro atoms. The third kappa shape index (κ3) is 5.28. The molecule has 0 unspecified atom stereocenters. The Morgan fingerprint density at radius 1 is 1.11 bits per heavy atom. The fourth-order valence-electron chi connectivity index (χ4n) is 2.63. The molecule has 2 aromatic carbocycles. The summed E-state index contributed by atoms with van der Waals surface area (Å²) in [6, 6.07) is 17.1. The predicted molar refractivity (Wildman–Crippen MR) is 107 cm³/mol. The number of carbonyl (C=O) groups excluding carboxylic acids is 1. The molecule has 0 atom stereocenters. The van der Waals surface area contributed by atoms with Crippen LogP contribution in [-0.4, -0.2) is 29.4 Å². The number of benzene rings is 2. The number of ether oxygens (including phenoxy) is 1. The highest BCUT2D eigenvalue weighted by molar-refractivity contribution is 5.95. The Hall–Kier alpha value is -3.41. The van der Waals surface area contributed by atoms with Gasteiger partial charge in [-0.05, 0) is 49.2 Å². The molecule has 0 aliphatic carbocycles. The third-order valence-corrected chi connectivity index (χ3v) is 4.03. The van der Waals surface area contributed by atoms with Gasteiger partial charge in [0.15, 0.2) is 5.78 Å². The molecule has 0 bridgehead atoms. The van der Waals surface area contributed by atoms with Gasteiger partial charge < -0.3 is 15.4 Å². The molecule has 0 saturated heterocycles. The molecule has 0 aliphatic heterocycles. The van der Waals surface area contributed by atoms with Gasteiger partial charge in [-0.1, -0.05) is 24.3 Å². The molecule has 1 heterocycles. The summed E-state index contributed by atoms with van der Waals surface area (Å²) in [6.07, 6.45) is 2.54. The van der Waals surface area contributed by atoms with Crippen molar-refractivity contribution >= 4 is 23.2 Å². The average Bonchev–Trinajstić information content (AvgIpc) is 2.69. The molecule has 0 amide bonds. The Morgan fingerprint density at radius 2 is 1.96 bits per heavy atom. The molecule has 3 rings (SSSR count). The summed E-state index contributed by atoms with van der Waals surface area (Å²) in [7, 11) is 1.67. The first-order valence-corrected chi connectivity index (χ1v) is 8.72. The highest BCUT2D eigenvalue weighted by Crippen LogP contribution is 2.17. The lowest BCUT2D eigenvalue weighted by Crippen LogP contribution is -2.08. The molecule has 6 nitrogen and oxygen atoms in total. The number of rotatable bonds is 8. The number of nitrogens with one attached hydrogen (secondary N) is 2. The van der Waals surface area contributed by atoms with E-state index in [1.54, 1.807) is 32.4 Å². The summed E-state index contributed by atoms with van der Waals surface area (Å²) in [5.41, 5.74) is 2.61. The Labute approximate surface area is 158 Å². The number of hydrogen-bond acceptors (Lipinski definition) is 6. The van der Waals surface area contributed by atoms with E-state index in [0.29, 0.717) is 11.5 Å². The minimum Gasteiger partial charge on any atom is -0.497 e. The van der Waals surface area contributed by atoms with E-state index >= 15 is 0 Å². The number of nitrogens with zero attached hydrogens (tertiary/aromatic N) is 2. The lowest BCUT2D eigenvalue weighted by molar-refractivity contribution is 0.101. The molecule has 27 heavy (non-hydrogen) atoms. The van der Waals surface area contributed by atoms with E-state index in [0.717, 1.165) is 30.2 Å². The lowest BCUT2D eigenvalue weighted by atomic mass is 10.1. The number of methoxy groups -OCH3 is 1. The molecule has 138 valence electrons. The fraction of sp³-hybridized carbons (Fsp3) is 0.190. The minimum absolute atomic E-state index is 0.0209. The smallest absolute Gasteiger partial charge is 0.229 e. The Morgan fingerprint density at radius 3 is 2.78 bits per heavy atom. The van der Waals surface area contributed by atoms with Crippen molar-refractivity contribution in [3.8, 4) is 5.75 Å². The van der Waals surface area contributed by atoms with E-state index in [1.807, 2.05) is 36.4 Å². The molecular weight excluding hydrogens is 340 g/mol. The maximum Gasteiger partial charge on any atom is 0.229 e. The van der Waals surface area contributed by atoms with Crippen molar-refractivity contribution in [2.24, 2.45) is 0 Å². The molecule has 2 N–H and O–H groups in total. The molecule has 6 heteroatoms. The van der Waals surface area contributed by atoms with E-state index in [4.69, 9.17) is 4.74 Å². The van der Waals surface area contributed by atoms with Gasteiger partial charge in [-0.2, -0.15) is 4.98 Å². The van der Waals surface area contributed by atoms with Gasteiger partial charge in [0.25, 0.3) is 0 Å². The second-order valence-electron chi connectivity index (χ2n) is 6.06.